The third kappa shape index (κ3) is 6.58. The molecule has 10 heteroatoms. The van der Waals surface area contributed by atoms with Gasteiger partial charge in [-0.25, -0.2) is 0 Å². The highest BCUT2D eigenvalue weighted by molar-refractivity contribution is 7.87. The van der Waals surface area contributed by atoms with Gasteiger partial charge in [0.1, 0.15) is 10.6 Å². The van der Waals surface area contributed by atoms with Crippen molar-refractivity contribution in [2.45, 2.75) is 17.6 Å². The molecule has 0 aliphatic rings. The molecule has 0 N–H and O–H groups in total. The highest BCUT2D eigenvalue weighted by Gasteiger charge is 2.32. The van der Waals surface area contributed by atoms with Crippen LogP contribution in [-0.2, 0) is 27.6 Å². The number of alkyl halides is 3. The maximum Gasteiger partial charge on any atom is 0.416 e. The van der Waals surface area contributed by atoms with Crippen molar-refractivity contribution in [2.24, 2.45) is 0 Å². The Morgan fingerprint density at radius 1 is 0.941 bits per heavy atom. The van der Waals surface area contributed by atoms with Crippen molar-refractivity contribution in [3.8, 4) is 5.75 Å². The van der Waals surface area contributed by atoms with Crippen molar-refractivity contribution in [1.29, 1.82) is 0 Å². The number of rotatable bonds is 9. The van der Waals surface area contributed by atoms with E-state index >= 15 is 0 Å². The molecule has 6 nitrogen and oxygen atoms in total. The Hall–Kier alpha value is -3.37. The molecule has 0 fully saturated rings. The van der Waals surface area contributed by atoms with Crippen molar-refractivity contribution < 1.29 is 35.3 Å². The largest absolute Gasteiger partial charge is 0.416 e. The summed E-state index contributed by atoms with van der Waals surface area (Å²) in [6, 6.07) is 18.0. The summed E-state index contributed by atoms with van der Waals surface area (Å²) in [5.41, 5.74) is 0.127. The van der Waals surface area contributed by atoms with Gasteiger partial charge >= 0.3 is 16.3 Å². The summed E-state index contributed by atoms with van der Waals surface area (Å²) in [6.07, 6.45) is -4.68. The lowest BCUT2D eigenvalue weighted by molar-refractivity contribution is -0.137. The number of carbonyl (C=O) groups excluding carboxylic acids is 1. The Labute approximate surface area is 195 Å². The van der Waals surface area contributed by atoms with Crippen LogP contribution in [0.2, 0.25) is 0 Å². The van der Waals surface area contributed by atoms with Crippen LogP contribution in [0.25, 0.3) is 0 Å². The second-order valence-electron chi connectivity index (χ2n) is 7.29. The van der Waals surface area contributed by atoms with Gasteiger partial charge in [-0.05, 0) is 48.0 Å². The average molecular weight is 494 g/mol. The number of hydrogen-bond acceptors (Lipinski definition) is 5. The van der Waals surface area contributed by atoms with Crippen LogP contribution < -0.4 is 4.18 Å². The van der Waals surface area contributed by atoms with Crippen molar-refractivity contribution in [1.82, 2.24) is 4.90 Å². The zero-order valence-corrected chi connectivity index (χ0v) is 19.0. The summed E-state index contributed by atoms with van der Waals surface area (Å²) in [5, 5.41) is 0. The smallest absolute Gasteiger partial charge is 0.383 e. The van der Waals surface area contributed by atoms with Crippen LogP contribution in [-0.4, -0.2) is 39.5 Å². The SMILES string of the molecule is COCCN(Cc1ccc(OS(=O)(=O)c2cccc(C(F)(F)F)c2)cc1)C(=O)c1ccccc1. The monoisotopic (exact) mass is 493 g/mol. The minimum atomic E-state index is -4.68. The molecule has 34 heavy (non-hydrogen) atoms. The highest BCUT2D eigenvalue weighted by atomic mass is 32.2. The number of methoxy groups -OCH3 is 1. The topological polar surface area (TPSA) is 72.9 Å². The minimum Gasteiger partial charge on any atom is -0.383 e. The molecule has 0 saturated carbocycles. The molecule has 0 aliphatic heterocycles. The Morgan fingerprint density at radius 2 is 1.62 bits per heavy atom. The van der Waals surface area contributed by atoms with E-state index in [2.05, 4.69) is 0 Å². The molecule has 0 aliphatic carbocycles. The van der Waals surface area contributed by atoms with Gasteiger partial charge in [0.25, 0.3) is 5.91 Å². The third-order valence-corrected chi connectivity index (χ3v) is 6.07. The molecular formula is C24H22F3NO5S. The molecule has 1 amide bonds. The summed E-state index contributed by atoms with van der Waals surface area (Å²) in [7, 11) is -2.94. The molecule has 3 aromatic rings. The molecule has 0 aromatic heterocycles. The molecule has 0 radical (unpaired) electrons. The lowest BCUT2D eigenvalue weighted by Crippen LogP contribution is -2.33. The van der Waals surface area contributed by atoms with E-state index in [9.17, 15) is 26.4 Å². The Bertz CT molecular complexity index is 1210. The molecule has 3 rings (SSSR count). The lowest BCUT2D eigenvalue weighted by atomic mass is 10.1. The maximum atomic E-state index is 12.9. The third-order valence-electron chi connectivity index (χ3n) is 4.83. The second-order valence-corrected chi connectivity index (χ2v) is 8.84. The second kappa shape index (κ2) is 10.7. The van der Waals surface area contributed by atoms with Gasteiger partial charge in [-0.3, -0.25) is 4.79 Å². The van der Waals surface area contributed by atoms with Gasteiger partial charge < -0.3 is 13.8 Å². The van der Waals surface area contributed by atoms with Gasteiger partial charge in [0.15, 0.2) is 0 Å². The molecule has 0 saturated heterocycles. The van der Waals surface area contributed by atoms with Gasteiger partial charge in [0, 0.05) is 25.8 Å². The van der Waals surface area contributed by atoms with E-state index < -0.39 is 26.8 Å². The molecule has 0 heterocycles. The summed E-state index contributed by atoms with van der Waals surface area (Å²) in [4.78, 5) is 13.8. The van der Waals surface area contributed by atoms with Gasteiger partial charge in [0.05, 0.1) is 12.2 Å². The quantitative estimate of drug-likeness (QED) is 0.402. The van der Waals surface area contributed by atoms with Crippen molar-refractivity contribution in [3.05, 3.63) is 95.6 Å². The summed E-state index contributed by atoms with van der Waals surface area (Å²) < 4.78 is 73.7. The fraction of sp³-hybridized carbons (Fsp3) is 0.208. The van der Waals surface area contributed by atoms with Crippen LogP contribution in [0.1, 0.15) is 21.5 Å². The molecule has 180 valence electrons. The number of carbonyl (C=O) groups is 1. The van der Waals surface area contributed by atoms with Crippen LogP contribution in [0.4, 0.5) is 13.2 Å². The highest BCUT2D eigenvalue weighted by Crippen LogP contribution is 2.31. The average Bonchev–Trinajstić information content (AvgIpc) is 2.82. The van der Waals surface area contributed by atoms with Gasteiger partial charge in [0.2, 0.25) is 0 Å². The first-order valence-electron chi connectivity index (χ1n) is 10.1. The maximum absolute atomic E-state index is 12.9. The Morgan fingerprint density at radius 3 is 2.24 bits per heavy atom. The Kier molecular flexibility index (Phi) is 7.95. The predicted molar refractivity (Wildman–Crippen MR) is 119 cm³/mol. The van der Waals surface area contributed by atoms with E-state index in [-0.39, 0.29) is 18.2 Å². The standard InChI is InChI=1S/C24H22F3NO5S/c1-32-15-14-28(23(29)19-6-3-2-4-7-19)17-18-10-12-21(13-11-18)33-34(30,31)22-9-5-8-20(16-22)24(25,26)27/h2-13,16H,14-15,17H2,1H3. The zero-order chi connectivity index (χ0) is 24.8. The van der Waals surface area contributed by atoms with E-state index in [4.69, 9.17) is 8.92 Å². The van der Waals surface area contributed by atoms with Crippen LogP contribution in [0.5, 0.6) is 5.75 Å². The summed E-state index contributed by atoms with van der Waals surface area (Å²) in [6.45, 7) is 0.902. The van der Waals surface area contributed by atoms with Crippen molar-refractivity contribution in [2.75, 3.05) is 20.3 Å². The van der Waals surface area contributed by atoms with Crippen LogP contribution in [0.15, 0.2) is 83.8 Å². The van der Waals surface area contributed by atoms with Crippen LogP contribution in [0, 0.1) is 0 Å². The fourth-order valence-electron chi connectivity index (χ4n) is 3.09. The predicted octanol–water partition coefficient (Wildman–Crippen LogP) is 4.76. The first-order valence-corrected chi connectivity index (χ1v) is 11.5. The van der Waals surface area contributed by atoms with E-state index in [0.717, 1.165) is 18.2 Å². The van der Waals surface area contributed by atoms with Gasteiger partial charge in [-0.1, -0.05) is 36.4 Å². The normalized spacial score (nSPS) is 11.8. The van der Waals surface area contributed by atoms with Crippen molar-refractivity contribution >= 4 is 16.0 Å². The molecule has 0 spiro atoms. The lowest BCUT2D eigenvalue weighted by Gasteiger charge is -2.23. The van der Waals surface area contributed by atoms with E-state index in [1.165, 1.54) is 19.2 Å². The van der Waals surface area contributed by atoms with E-state index in [0.29, 0.717) is 30.3 Å². The van der Waals surface area contributed by atoms with E-state index in [1.54, 1.807) is 41.3 Å². The molecule has 0 unspecified atom stereocenters. The van der Waals surface area contributed by atoms with Crippen molar-refractivity contribution in [3.63, 3.8) is 0 Å². The number of hydrogen-bond donors (Lipinski definition) is 0. The first kappa shape index (κ1) is 25.3. The zero-order valence-electron chi connectivity index (χ0n) is 18.2. The number of ether oxygens (including phenoxy) is 1. The fourth-order valence-corrected chi connectivity index (χ4v) is 4.07. The number of halogens is 3. The summed E-state index contributed by atoms with van der Waals surface area (Å²) >= 11 is 0. The number of benzene rings is 3. The number of nitrogens with zero attached hydrogens (tertiary/aromatic N) is 1. The van der Waals surface area contributed by atoms with E-state index in [1.807, 2.05) is 6.07 Å². The summed E-state index contributed by atoms with van der Waals surface area (Å²) in [5.74, 6) is -0.260. The van der Waals surface area contributed by atoms with Gasteiger partial charge in [-0.15, -0.1) is 0 Å². The molecule has 3 aromatic carbocycles. The molecule has 0 atom stereocenters. The number of amides is 1. The Balaban J connectivity index is 1.74. The van der Waals surface area contributed by atoms with Gasteiger partial charge in [-0.2, -0.15) is 21.6 Å². The van der Waals surface area contributed by atoms with Crippen LogP contribution >= 0.6 is 0 Å². The minimum absolute atomic E-state index is 0.0704. The van der Waals surface area contributed by atoms with Crippen LogP contribution in [0.3, 0.4) is 0 Å². The molecular weight excluding hydrogens is 471 g/mol. The first-order chi connectivity index (χ1) is 16.1. The molecule has 0 bridgehead atoms.